The number of likely N-dealkylation sites (N-methyl/N-ethyl adjacent to an activating group) is 1. The summed E-state index contributed by atoms with van der Waals surface area (Å²) in [5.41, 5.74) is 5.33. The van der Waals surface area contributed by atoms with Gasteiger partial charge in [-0.25, -0.2) is 0 Å². The van der Waals surface area contributed by atoms with Gasteiger partial charge in [0.25, 0.3) is 5.91 Å². The minimum atomic E-state index is -0.261. The quantitative estimate of drug-likeness (QED) is 0.545. The van der Waals surface area contributed by atoms with Crippen LogP contribution in [0, 0.1) is 13.8 Å². The number of amides is 1. The summed E-state index contributed by atoms with van der Waals surface area (Å²) in [5, 5.41) is 0.695. The number of hydrogen-bond acceptors (Lipinski definition) is 2. The zero-order chi connectivity index (χ0) is 19.8. The Kier molecular flexibility index (Phi) is 4.86. The summed E-state index contributed by atoms with van der Waals surface area (Å²) in [7, 11) is 1.99. The van der Waals surface area contributed by atoms with Gasteiger partial charge in [-0.3, -0.25) is 9.69 Å². The van der Waals surface area contributed by atoms with Gasteiger partial charge in [0.2, 0.25) is 0 Å². The summed E-state index contributed by atoms with van der Waals surface area (Å²) < 4.78 is 0. The first-order valence-corrected chi connectivity index (χ1v) is 9.79. The summed E-state index contributed by atoms with van der Waals surface area (Å²) in [6.45, 7) is 4.12. The fourth-order valence-electron chi connectivity index (χ4n) is 4.10. The van der Waals surface area contributed by atoms with Crippen LogP contribution in [0.2, 0.25) is 5.02 Å². The van der Waals surface area contributed by atoms with Gasteiger partial charge in [0.1, 0.15) is 6.04 Å². The van der Waals surface area contributed by atoms with Gasteiger partial charge in [-0.05, 0) is 54.8 Å². The molecule has 0 saturated carbocycles. The second-order valence-corrected chi connectivity index (χ2v) is 7.77. The Morgan fingerprint density at radius 3 is 2.07 bits per heavy atom. The van der Waals surface area contributed by atoms with Gasteiger partial charge in [0, 0.05) is 17.8 Å². The zero-order valence-electron chi connectivity index (χ0n) is 16.3. The summed E-state index contributed by atoms with van der Waals surface area (Å²) in [4.78, 5) is 17.4. The number of carbonyl (C=O) groups is 1. The van der Waals surface area contributed by atoms with Crippen molar-refractivity contribution >= 4 is 28.9 Å². The van der Waals surface area contributed by atoms with Crippen LogP contribution in [0.15, 0.2) is 72.8 Å². The standard InChI is InChI=1S/C24H23ClN2O/c1-16-8-7-9-17(2)21(16)27-22(18-12-14-19(25)15-13-18)23(24(27)28)26(3)20-10-5-4-6-11-20/h4-15,22-23H,1-3H3. The number of nitrogens with zero attached hydrogens (tertiary/aromatic N) is 2. The van der Waals surface area contributed by atoms with Crippen molar-refractivity contribution in [2.24, 2.45) is 0 Å². The minimum absolute atomic E-state index is 0.0743. The lowest BCUT2D eigenvalue weighted by Crippen LogP contribution is -2.65. The van der Waals surface area contributed by atoms with Gasteiger partial charge < -0.3 is 4.90 Å². The topological polar surface area (TPSA) is 23.6 Å². The normalized spacial score (nSPS) is 18.7. The molecule has 0 radical (unpaired) electrons. The highest BCUT2D eigenvalue weighted by atomic mass is 35.5. The van der Waals surface area contributed by atoms with E-state index < -0.39 is 0 Å². The summed E-state index contributed by atoms with van der Waals surface area (Å²) in [5.74, 6) is 0.115. The second kappa shape index (κ2) is 7.33. The Morgan fingerprint density at radius 2 is 1.46 bits per heavy atom. The van der Waals surface area contributed by atoms with E-state index in [1.165, 1.54) is 0 Å². The first-order chi connectivity index (χ1) is 13.5. The molecule has 2 unspecified atom stereocenters. The number of para-hydroxylation sites is 2. The molecule has 4 heteroatoms. The monoisotopic (exact) mass is 390 g/mol. The largest absolute Gasteiger partial charge is 0.361 e. The first kappa shape index (κ1) is 18.6. The number of carbonyl (C=O) groups excluding carboxylic acids is 1. The maximum atomic E-state index is 13.4. The van der Waals surface area contributed by atoms with E-state index in [0.717, 1.165) is 28.1 Å². The highest BCUT2D eigenvalue weighted by Crippen LogP contribution is 2.45. The van der Waals surface area contributed by atoms with Crippen LogP contribution >= 0.6 is 11.6 Å². The predicted octanol–water partition coefficient (Wildman–Crippen LogP) is 5.55. The molecule has 1 aliphatic heterocycles. The molecule has 3 aromatic carbocycles. The molecule has 0 aromatic heterocycles. The minimum Gasteiger partial charge on any atom is -0.361 e. The Balaban J connectivity index is 1.79. The summed E-state index contributed by atoms with van der Waals surface area (Å²) in [6, 6.07) is 23.7. The third kappa shape index (κ3) is 3.06. The van der Waals surface area contributed by atoms with Crippen molar-refractivity contribution in [3.63, 3.8) is 0 Å². The number of anilines is 2. The molecular formula is C24H23ClN2O. The van der Waals surface area contributed by atoms with Crippen molar-refractivity contribution in [1.29, 1.82) is 0 Å². The summed E-state index contributed by atoms with van der Waals surface area (Å²) >= 11 is 6.11. The molecule has 1 amide bonds. The SMILES string of the molecule is Cc1cccc(C)c1N1C(=O)C(N(C)c2ccccc2)C1c1ccc(Cl)cc1. The molecule has 1 fully saturated rings. The molecule has 0 aliphatic carbocycles. The van der Waals surface area contributed by atoms with Crippen LogP contribution in [0.3, 0.4) is 0 Å². The average molecular weight is 391 g/mol. The van der Waals surface area contributed by atoms with Crippen LogP contribution in [0.1, 0.15) is 22.7 Å². The molecular weight excluding hydrogens is 368 g/mol. The number of β-lactam (4-membered cyclic amide) rings is 1. The molecule has 0 bridgehead atoms. The number of aryl methyl sites for hydroxylation is 2. The Morgan fingerprint density at radius 1 is 0.857 bits per heavy atom. The van der Waals surface area contributed by atoms with E-state index >= 15 is 0 Å². The van der Waals surface area contributed by atoms with Crippen LogP contribution in [0.4, 0.5) is 11.4 Å². The predicted molar refractivity (Wildman–Crippen MR) is 116 cm³/mol. The maximum Gasteiger partial charge on any atom is 0.252 e. The fraction of sp³-hybridized carbons (Fsp3) is 0.208. The van der Waals surface area contributed by atoms with E-state index in [1.807, 2.05) is 72.6 Å². The molecule has 4 rings (SSSR count). The van der Waals surface area contributed by atoms with Crippen molar-refractivity contribution in [1.82, 2.24) is 0 Å². The van der Waals surface area contributed by atoms with Gasteiger partial charge in [0.05, 0.1) is 11.7 Å². The molecule has 1 heterocycles. The first-order valence-electron chi connectivity index (χ1n) is 9.41. The lowest BCUT2D eigenvalue weighted by Gasteiger charge is -2.52. The van der Waals surface area contributed by atoms with Gasteiger partial charge in [-0.1, -0.05) is 60.1 Å². The Bertz CT molecular complexity index is 981. The molecule has 0 spiro atoms. The van der Waals surface area contributed by atoms with Crippen molar-refractivity contribution in [2.75, 3.05) is 16.8 Å². The molecule has 3 nitrogen and oxygen atoms in total. The fourth-order valence-corrected chi connectivity index (χ4v) is 4.23. The lowest BCUT2D eigenvalue weighted by molar-refractivity contribution is -0.126. The van der Waals surface area contributed by atoms with Crippen LogP contribution in [-0.4, -0.2) is 19.0 Å². The number of rotatable bonds is 4. The van der Waals surface area contributed by atoms with Gasteiger partial charge >= 0.3 is 0 Å². The number of halogens is 1. The van der Waals surface area contributed by atoms with Gasteiger partial charge in [-0.15, -0.1) is 0 Å². The van der Waals surface area contributed by atoms with E-state index in [2.05, 4.69) is 30.9 Å². The van der Waals surface area contributed by atoms with Gasteiger partial charge in [-0.2, -0.15) is 0 Å². The van der Waals surface area contributed by atoms with E-state index in [0.29, 0.717) is 5.02 Å². The molecule has 1 aliphatic rings. The molecule has 0 N–H and O–H groups in total. The third-order valence-corrected chi connectivity index (χ3v) is 5.79. The molecule has 2 atom stereocenters. The highest BCUT2D eigenvalue weighted by Gasteiger charge is 2.51. The van der Waals surface area contributed by atoms with E-state index in [4.69, 9.17) is 11.6 Å². The second-order valence-electron chi connectivity index (χ2n) is 7.34. The van der Waals surface area contributed by atoms with Crippen LogP contribution in [0.25, 0.3) is 0 Å². The Labute approximate surface area is 171 Å². The third-order valence-electron chi connectivity index (χ3n) is 5.54. The molecule has 28 heavy (non-hydrogen) atoms. The zero-order valence-corrected chi connectivity index (χ0v) is 17.0. The van der Waals surface area contributed by atoms with Crippen LogP contribution in [-0.2, 0) is 4.79 Å². The van der Waals surface area contributed by atoms with Crippen molar-refractivity contribution < 1.29 is 4.79 Å². The van der Waals surface area contributed by atoms with Gasteiger partial charge in [0.15, 0.2) is 0 Å². The highest BCUT2D eigenvalue weighted by molar-refractivity contribution is 6.30. The van der Waals surface area contributed by atoms with Crippen molar-refractivity contribution in [2.45, 2.75) is 25.9 Å². The smallest absolute Gasteiger partial charge is 0.252 e. The maximum absolute atomic E-state index is 13.4. The molecule has 3 aromatic rings. The van der Waals surface area contributed by atoms with Crippen LogP contribution < -0.4 is 9.80 Å². The lowest BCUT2D eigenvalue weighted by atomic mass is 9.85. The van der Waals surface area contributed by atoms with Crippen molar-refractivity contribution in [3.05, 3.63) is 94.5 Å². The van der Waals surface area contributed by atoms with E-state index in [-0.39, 0.29) is 18.0 Å². The number of benzene rings is 3. The summed E-state index contributed by atoms with van der Waals surface area (Å²) in [6.07, 6.45) is 0. The van der Waals surface area contributed by atoms with Crippen molar-refractivity contribution in [3.8, 4) is 0 Å². The average Bonchev–Trinajstić information content (AvgIpc) is 2.70. The van der Waals surface area contributed by atoms with E-state index in [9.17, 15) is 4.79 Å². The van der Waals surface area contributed by atoms with Crippen LogP contribution in [0.5, 0.6) is 0 Å². The molecule has 1 saturated heterocycles. The van der Waals surface area contributed by atoms with E-state index in [1.54, 1.807) is 0 Å². The number of hydrogen-bond donors (Lipinski definition) is 0. The molecule has 142 valence electrons. The Hall–Kier alpha value is -2.78.